The van der Waals surface area contributed by atoms with Gasteiger partial charge in [-0.25, -0.2) is 9.78 Å². The van der Waals surface area contributed by atoms with Crippen LogP contribution in [0.2, 0.25) is 10.0 Å². The van der Waals surface area contributed by atoms with E-state index < -0.39 is 6.03 Å². The number of carbonyl (C=O) groups is 1. The quantitative estimate of drug-likeness (QED) is 0.463. The van der Waals surface area contributed by atoms with Crippen LogP contribution >= 0.6 is 23.2 Å². The molecule has 150 valence electrons. The smallest absolute Gasteiger partial charge is 0.323 e. The molecule has 3 aromatic rings. The van der Waals surface area contributed by atoms with Crippen molar-refractivity contribution in [2.45, 2.75) is 26.2 Å². The summed E-state index contributed by atoms with van der Waals surface area (Å²) in [6.07, 6.45) is 1.61. The molecule has 2 N–H and O–H groups in total. The standard InChI is InChI=1S/C22H21Cl2N3O2/c1-22(2,3)15-7-4-5-9-19(15)29-20-18(8-6-12-25-20)27-21(28)26-14-10-11-16(23)17(24)13-14/h4-13H,1-3H3,(H2,26,27,28). The van der Waals surface area contributed by atoms with Crippen molar-refractivity contribution in [3.05, 3.63) is 76.4 Å². The van der Waals surface area contributed by atoms with Gasteiger partial charge in [0.25, 0.3) is 0 Å². The summed E-state index contributed by atoms with van der Waals surface area (Å²) < 4.78 is 6.06. The van der Waals surface area contributed by atoms with Crippen LogP contribution in [0.3, 0.4) is 0 Å². The Labute approximate surface area is 180 Å². The Hall–Kier alpha value is -2.76. The molecule has 0 saturated carbocycles. The molecule has 0 spiro atoms. The van der Waals surface area contributed by atoms with Gasteiger partial charge in [-0.05, 0) is 41.8 Å². The van der Waals surface area contributed by atoms with E-state index in [0.717, 1.165) is 5.56 Å². The van der Waals surface area contributed by atoms with Crippen LogP contribution in [0.5, 0.6) is 11.6 Å². The Bertz CT molecular complexity index is 1030. The fourth-order valence-corrected chi connectivity index (χ4v) is 3.00. The molecule has 1 heterocycles. The monoisotopic (exact) mass is 429 g/mol. The molecule has 3 rings (SSSR count). The Morgan fingerprint density at radius 3 is 2.45 bits per heavy atom. The molecular weight excluding hydrogens is 409 g/mol. The van der Waals surface area contributed by atoms with E-state index in [1.54, 1.807) is 36.5 Å². The lowest BCUT2D eigenvalue weighted by Gasteiger charge is -2.22. The van der Waals surface area contributed by atoms with Gasteiger partial charge in [0.1, 0.15) is 11.4 Å². The van der Waals surface area contributed by atoms with Crippen molar-refractivity contribution >= 4 is 40.6 Å². The minimum atomic E-state index is -0.453. The summed E-state index contributed by atoms with van der Waals surface area (Å²) in [5.74, 6) is 0.986. The first-order valence-corrected chi connectivity index (χ1v) is 9.75. The van der Waals surface area contributed by atoms with Crippen LogP contribution in [0.15, 0.2) is 60.8 Å². The third-order valence-corrected chi connectivity index (χ3v) is 4.84. The summed E-state index contributed by atoms with van der Waals surface area (Å²) in [6.45, 7) is 6.33. The number of hydrogen-bond acceptors (Lipinski definition) is 3. The van der Waals surface area contributed by atoms with E-state index in [-0.39, 0.29) is 5.41 Å². The number of nitrogens with one attached hydrogen (secondary N) is 2. The summed E-state index contributed by atoms with van der Waals surface area (Å²) in [4.78, 5) is 16.7. The van der Waals surface area contributed by atoms with Gasteiger partial charge in [0.05, 0.1) is 10.0 Å². The van der Waals surface area contributed by atoms with Gasteiger partial charge >= 0.3 is 6.03 Å². The van der Waals surface area contributed by atoms with Crippen molar-refractivity contribution in [1.29, 1.82) is 0 Å². The average molecular weight is 430 g/mol. The number of para-hydroxylation sites is 1. The number of ether oxygens (including phenoxy) is 1. The molecule has 0 fully saturated rings. The van der Waals surface area contributed by atoms with Crippen molar-refractivity contribution in [2.24, 2.45) is 0 Å². The van der Waals surface area contributed by atoms with Crippen molar-refractivity contribution < 1.29 is 9.53 Å². The second kappa shape index (κ2) is 8.72. The maximum Gasteiger partial charge on any atom is 0.323 e. The van der Waals surface area contributed by atoms with Crippen LogP contribution in [0.25, 0.3) is 0 Å². The molecule has 0 radical (unpaired) electrons. The molecule has 1 aromatic heterocycles. The molecule has 2 aromatic carbocycles. The zero-order valence-electron chi connectivity index (χ0n) is 16.3. The second-order valence-corrected chi connectivity index (χ2v) is 8.23. The van der Waals surface area contributed by atoms with E-state index in [1.165, 1.54) is 0 Å². The highest BCUT2D eigenvalue weighted by Crippen LogP contribution is 2.35. The summed E-state index contributed by atoms with van der Waals surface area (Å²) >= 11 is 11.9. The first kappa shape index (κ1) is 21.0. The summed E-state index contributed by atoms with van der Waals surface area (Å²) in [5, 5.41) is 6.24. The van der Waals surface area contributed by atoms with Gasteiger partial charge in [-0.2, -0.15) is 0 Å². The number of hydrogen-bond donors (Lipinski definition) is 2. The minimum Gasteiger partial charge on any atom is -0.437 e. The van der Waals surface area contributed by atoms with Crippen LogP contribution in [0.1, 0.15) is 26.3 Å². The molecule has 0 saturated heterocycles. The van der Waals surface area contributed by atoms with Crippen LogP contribution in [-0.2, 0) is 5.41 Å². The van der Waals surface area contributed by atoms with E-state index in [0.29, 0.717) is 33.0 Å². The topological polar surface area (TPSA) is 63.2 Å². The van der Waals surface area contributed by atoms with Crippen molar-refractivity contribution in [3.8, 4) is 11.6 Å². The molecule has 0 aliphatic carbocycles. The predicted octanol–water partition coefficient (Wildman–Crippen LogP) is 7.12. The van der Waals surface area contributed by atoms with Gasteiger partial charge in [-0.1, -0.05) is 62.2 Å². The highest BCUT2D eigenvalue weighted by molar-refractivity contribution is 6.42. The van der Waals surface area contributed by atoms with E-state index in [4.69, 9.17) is 27.9 Å². The Kier molecular flexibility index (Phi) is 6.30. The fraction of sp³-hybridized carbons (Fsp3) is 0.182. The number of amides is 2. The number of nitrogens with zero attached hydrogens (tertiary/aromatic N) is 1. The van der Waals surface area contributed by atoms with Crippen LogP contribution in [0.4, 0.5) is 16.2 Å². The molecule has 5 nitrogen and oxygen atoms in total. The summed E-state index contributed by atoms with van der Waals surface area (Å²) in [6, 6.07) is 15.6. The number of anilines is 2. The molecule has 7 heteroatoms. The molecule has 0 unspecified atom stereocenters. The minimum absolute atomic E-state index is 0.107. The van der Waals surface area contributed by atoms with Crippen molar-refractivity contribution in [2.75, 3.05) is 10.6 Å². The zero-order chi connectivity index (χ0) is 21.0. The largest absolute Gasteiger partial charge is 0.437 e. The molecule has 2 amide bonds. The first-order valence-electron chi connectivity index (χ1n) is 8.99. The van der Waals surface area contributed by atoms with E-state index >= 15 is 0 Å². The average Bonchev–Trinajstić information content (AvgIpc) is 2.66. The summed E-state index contributed by atoms with van der Waals surface area (Å²) in [7, 11) is 0. The number of aromatic nitrogens is 1. The lowest BCUT2D eigenvalue weighted by Crippen LogP contribution is -2.20. The molecule has 0 atom stereocenters. The van der Waals surface area contributed by atoms with E-state index in [9.17, 15) is 4.79 Å². The van der Waals surface area contributed by atoms with E-state index in [1.807, 2.05) is 24.3 Å². The highest BCUT2D eigenvalue weighted by atomic mass is 35.5. The second-order valence-electron chi connectivity index (χ2n) is 7.41. The number of halogens is 2. The number of carbonyl (C=O) groups excluding carboxylic acids is 1. The third-order valence-electron chi connectivity index (χ3n) is 4.10. The Morgan fingerprint density at radius 1 is 0.966 bits per heavy atom. The van der Waals surface area contributed by atoms with Crippen LogP contribution in [0, 0.1) is 0 Å². The van der Waals surface area contributed by atoms with Gasteiger partial charge in [0.15, 0.2) is 0 Å². The lowest BCUT2D eigenvalue weighted by molar-refractivity contribution is 0.262. The number of rotatable bonds is 4. The SMILES string of the molecule is CC(C)(C)c1ccccc1Oc1ncccc1NC(=O)Nc1ccc(Cl)c(Cl)c1. The molecule has 0 aliphatic rings. The third kappa shape index (κ3) is 5.40. The Morgan fingerprint density at radius 2 is 1.72 bits per heavy atom. The van der Waals surface area contributed by atoms with Crippen LogP contribution < -0.4 is 15.4 Å². The highest BCUT2D eigenvalue weighted by Gasteiger charge is 2.20. The maximum absolute atomic E-state index is 12.4. The number of pyridine rings is 1. The number of urea groups is 1. The van der Waals surface area contributed by atoms with Gasteiger partial charge in [-0.3, -0.25) is 0 Å². The van der Waals surface area contributed by atoms with Gasteiger partial charge in [0, 0.05) is 17.4 Å². The predicted molar refractivity (Wildman–Crippen MR) is 119 cm³/mol. The van der Waals surface area contributed by atoms with Gasteiger partial charge < -0.3 is 15.4 Å². The molecule has 29 heavy (non-hydrogen) atoms. The fourth-order valence-electron chi connectivity index (χ4n) is 2.71. The van der Waals surface area contributed by atoms with Crippen molar-refractivity contribution in [1.82, 2.24) is 4.98 Å². The summed E-state index contributed by atoms with van der Waals surface area (Å²) in [5.41, 5.74) is 1.89. The lowest BCUT2D eigenvalue weighted by atomic mass is 9.86. The maximum atomic E-state index is 12.4. The zero-order valence-corrected chi connectivity index (χ0v) is 17.8. The molecule has 0 aliphatic heterocycles. The van der Waals surface area contributed by atoms with Gasteiger partial charge in [-0.15, -0.1) is 0 Å². The Balaban J connectivity index is 1.79. The molecule has 0 bridgehead atoms. The molecular formula is C22H21Cl2N3O2. The van der Waals surface area contributed by atoms with Crippen molar-refractivity contribution in [3.63, 3.8) is 0 Å². The van der Waals surface area contributed by atoms with Crippen LogP contribution in [-0.4, -0.2) is 11.0 Å². The normalized spacial score (nSPS) is 11.1. The van der Waals surface area contributed by atoms with E-state index in [2.05, 4.69) is 36.4 Å². The van der Waals surface area contributed by atoms with Gasteiger partial charge in [0.2, 0.25) is 5.88 Å². The number of benzene rings is 2. The first-order chi connectivity index (χ1) is 13.7.